The third kappa shape index (κ3) is 7.02. The zero-order valence-electron chi connectivity index (χ0n) is 12.4. The van der Waals surface area contributed by atoms with E-state index in [1.165, 1.54) is 6.42 Å². The van der Waals surface area contributed by atoms with E-state index in [-0.39, 0.29) is 12.1 Å². The van der Waals surface area contributed by atoms with Crippen molar-refractivity contribution in [3.8, 4) is 0 Å². The maximum absolute atomic E-state index is 9.46. The van der Waals surface area contributed by atoms with E-state index >= 15 is 0 Å². The Kier molecular flexibility index (Phi) is 8.83. The van der Waals surface area contributed by atoms with Crippen LogP contribution in [0.3, 0.4) is 0 Å². The third-order valence-electron chi connectivity index (χ3n) is 3.73. The van der Waals surface area contributed by atoms with Crippen LogP contribution in [0.2, 0.25) is 0 Å². The molecule has 0 saturated carbocycles. The van der Waals surface area contributed by atoms with Crippen LogP contribution in [0.15, 0.2) is 0 Å². The molecule has 0 heterocycles. The van der Waals surface area contributed by atoms with Crippen molar-refractivity contribution in [1.82, 2.24) is 10.2 Å². The fourth-order valence-electron chi connectivity index (χ4n) is 1.90. The molecule has 0 saturated heterocycles. The summed E-state index contributed by atoms with van der Waals surface area (Å²) in [6.07, 6.45) is 4.48. The van der Waals surface area contributed by atoms with Gasteiger partial charge >= 0.3 is 0 Å². The minimum absolute atomic E-state index is 0.105. The minimum Gasteiger partial charge on any atom is -0.394 e. The Morgan fingerprint density at radius 2 is 2.00 bits per heavy atom. The van der Waals surface area contributed by atoms with Gasteiger partial charge in [0.15, 0.2) is 0 Å². The van der Waals surface area contributed by atoms with Gasteiger partial charge in [-0.2, -0.15) is 0 Å². The normalized spacial score (nSPS) is 17.1. The molecule has 17 heavy (non-hydrogen) atoms. The van der Waals surface area contributed by atoms with Crippen LogP contribution in [0, 0.1) is 0 Å². The maximum Gasteiger partial charge on any atom is 0.0610 e. The third-order valence-corrected chi connectivity index (χ3v) is 3.73. The van der Waals surface area contributed by atoms with E-state index < -0.39 is 0 Å². The largest absolute Gasteiger partial charge is 0.394 e. The van der Waals surface area contributed by atoms with Crippen LogP contribution in [0.4, 0.5) is 0 Å². The minimum atomic E-state index is -0.105. The molecule has 2 N–H and O–H groups in total. The Morgan fingerprint density at radius 3 is 2.47 bits per heavy atom. The molecule has 3 nitrogen and oxygen atoms in total. The number of aliphatic hydroxyl groups excluding tert-OH is 1. The molecule has 0 aliphatic carbocycles. The van der Waals surface area contributed by atoms with Crippen LogP contribution < -0.4 is 5.32 Å². The molecule has 0 rings (SSSR count). The Morgan fingerprint density at radius 1 is 1.35 bits per heavy atom. The fraction of sp³-hybridized carbons (Fsp3) is 1.00. The van der Waals surface area contributed by atoms with Gasteiger partial charge in [-0.1, -0.05) is 13.8 Å². The lowest BCUT2D eigenvalue weighted by Gasteiger charge is -2.30. The zero-order valence-corrected chi connectivity index (χ0v) is 12.4. The highest BCUT2D eigenvalue weighted by atomic mass is 16.3. The molecule has 0 amide bonds. The predicted molar refractivity (Wildman–Crippen MR) is 75.4 cm³/mol. The van der Waals surface area contributed by atoms with Crippen LogP contribution in [-0.2, 0) is 0 Å². The molecular formula is C14H32N2O. The Bertz CT molecular complexity index is 187. The predicted octanol–water partition coefficient (Wildman–Crippen LogP) is 2.25. The van der Waals surface area contributed by atoms with Crippen molar-refractivity contribution >= 4 is 0 Å². The van der Waals surface area contributed by atoms with Crippen molar-refractivity contribution in [2.45, 2.75) is 65.0 Å². The highest BCUT2D eigenvalue weighted by molar-refractivity contribution is 4.82. The van der Waals surface area contributed by atoms with Crippen LogP contribution in [0.5, 0.6) is 0 Å². The Hall–Kier alpha value is -0.120. The summed E-state index contributed by atoms with van der Waals surface area (Å²) in [5.74, 6) is 0. The summed E-state index contributed by atoms with van der Waals surface area (Å²) in [7, 11) is 2.18. The fourth-order valence-corrected chi connectivity index (χ4v) is 1.90. The smallest absolute Gasteiger partial charge is 0.0610 e. The number of nitrogens with zero attached hydrogens (tertiary/aromatic N) is 1. The summed E-state index contributed by atoms with van der Waals surface area (Å²) >= 11 is 0. The second kappa shape index (κ2) is 8.90. The number of rotatable bonds is 10. The van der Waals surface area contributed by atoms with Crippen LogP contribution in [-0.4, -0.2) is 48.3 Å². The highest BCUT2D eigenvalue weighted by Gasteiger charge is 2.21. The van der Waals surface area contributed by atoms with Crippen LogP contribution in [0.25, 0.3) is 0 Å². The first-order valence-electron chi connectivity index (χ1n) is 7.05. The van der Waals surface area contributed by atoms with Crippen LogP contribution in [0.1, 0.15) is 53.4 Å². The zero-order chi connectivity index (χ0) is 13.3. The van der Waals surface area contributed by atoms with Crippen LogP contribution >= 0.6 is 0 Å². The van der Waals surface area contributed by atoms with Gasteiger partial charge in [0.2, 0.25) is 0 Å². The van der Waals surface area contributed by atoms with E-state index in [9.17, 15) is 5.11 Å². The van der Waals surface area contributed by atoms with Crippen molar-refractivity contribution in [2.24, 2.45) is 0 Å². The lowest BCUT2D eigenvalue weighted by molar-refractivity contribution is 0.155. The number of hydrogen-bond acceptors (Lipinski definition) is 3. The lowest BCUT2D eigenvalue weighted by Crippen LogP contribution is -2.46. The van der Waals surface area contributed by atoms with Gasteiger partial charge in [0.25, 0.3) is 0 Å². The van der Waals surface area contributed by atoms with Gasteiger partial charge in [-0.05, 0) is 59.7 Å². The Balaban J connectivity index is 3.90. The van der Waals surface area contributed by atoms with E-state index in [4.69, 9.17) is 0 Å². The molecule has 3 heteroatoms. The van der Waals surface area contributed by atoms with Gasteiger partial charge in [0.05, 0.1) is 6.61 Å². The monoisotopic (exact) mass is 244 g/mol. The highest BCUT2D eigenvalue weighted by Crippen LogP contribution is 2.13. The van der Waals surface area contributed by atoms with E-state index in [0.717, 1.165) is 32.4 Å². The number of aliphatic hydroxyl groups is 1. The number of hydrogen-bond donors (Lipinski definition) is 2. The molecule has 0 aliphatic rings. The average Bonchev–Trinajstić information content (AvgIpc) is 2.35. The molecule has 0 radical (unpaired) electrons. The molecule has 2 atom stereocenters. The molecule has 0 aromatic carbocycles. The maximum atomic E-state index is 9.46. The second-order valence-electron chi connectivity index (χ2n) is 5.49. The van der Waals surface area contributed by atoms with E-state index in [1.807, 2.05) is 0 Å². The molecular weight excluding hydrogens is 212 g/mol. The average molecular weight is 244 g/mol. The molecule has 0 fully saturated rings. The van der Waals surface area contributed by atoms with Crippen molar-refractivity contribution in [2.75, 3.05) is 26.7 Å². The summed E-state index contributed by atoms with van der Waals surface area (Å²) in [5, 5.41) is 12.9. The quantitative estimate of drug-likeness (QED) is 0.619. The van der Waals surface area contributed by atoms with Gasteiger partial charge in [-0.25, -0.2) is 0 Å². The molecule has 0 bridgehead atoms. The first-order valence-corrected chi connectivity index (χ1v) is 7.05. The van der Waals surface area contributed by atoms with Gasteiger partial charge in [0.1, 0.15) is 0 Å². The molecule has 2 unspecified atom stereocenters. The SMILES string of the molecule is CCCNC(C)(CO)CCCN(C)C(C)CC. The topological polar surface area (TPSA) is 35.5 Å². The molecule has 104 valence electrons. The lowest BCUT2D eigenvalue weighted by atomic mass is 9.96. The van der Waals surface area contributed by atoms with E-state index in [2.05, 4.69) is 45.0 Å². The van der Waals surface area contributed by atoms with E-state index in [1.54, 1.807) is 0 Å². The van der Waals surface area contributed by atoms with Crippen molar-refractivity contribution < 1.29 is 5.11 Å². The second-order valence-corrected chi connectivity index (χ2v) is 5.49. The van der Waals surface area contributed by atoms with Gasteiger partial charge in [-0.3, -0.25) is 0 Å². The van der Waals surface area contributed by atoms with Gasteiger partial charge in [0, 0.05) is 11.6 Å². The van der Waals surface area contributed by atoms with Gasteiger partial charge < -0.3 is 15.3 Å². The van der Waals surface area contributed by atoms with Crippen molar-refractivity contribution in [1.29, 1.82) is 0 Å². The first kappa shape index (κ1) is 16.9. The summed E-state index contributed by atoms with van der Waals surface area (Å²) in [4.78, 5) is 2.40. The first-order chi connectivity index (χ1) is 7.99. The van der Waals surface area contributed by atoms with Crippen molar-refractivity contribution in [3.63, 3.8) is 0 Å². The number of nitrogens with one attached hydrogen (secondary N) is 1. The summed E-state index contributed by atoms with van der Waals surface area (Å²) in [6.45, 7) is 11.1. The van der Waals surface area contributed by atoms with Gasteiger partial charge in [-0.15, -0.1) is 0 Å². The molecule has 0 aromatic heterocycles. The van der Waals surface area contributed by atoms with E-state index in [0.29, 0.717) is 6.04 Å². The standard InChI is InChI=1S/C14H32N2O/c1-6-10-15-14(4,12-17)9-8-11-16(5)13(3)7-2/h13,15,17H,6-12H2,1-5H3. The molecule has 0 aliphatic heterocycles. The summed E-state index contributed by atoms with van der Waals surface area (Å²) in [5.41, 5.74) is -0.105. The molecule has 0 aromatic rings. The molecule has 0 spiro atoms. The summed E-state index contributed by atoms with van der Waals surface area (Å²) < 4.78 is 0. The van der Waals surface area contributed by atoms with Crippen molar-refractivity contribution in [3.05, 3.63) is 0 Å². The Labute approximate surface area is 108 Å². The summed E-state index contributed by atoms with van der Waals surface area (Å²) in [6, 6.07) is 0.652.